The van der Waals surface area contributed by atoms with Gasteiger partial charge in [0, 0.05) is 63.1 Å². The molecule has 196 valence electrons. The molecule has 3 fully saturated rings. The molecule has 0 radical (unpaired) electrons. The van der Waals surface area contributed by atoms with Gasteiger partial charge in [-0.2, -0.15) is 0 Å². The molecule has 0 unspecified atom stereocenters. The summed E-state index contributed by atoms with van der Waals surface area (Å²) in [5.74, 6) is 2.53. The standard InChI is InChI=1S/C29H35ClN4O3/c1-3-26(35)33-10-5-21(6-11-33)34-15-20(16-34)23-14-25(30)28-27(18(23)2)32-29-24(17-37-28)22(4-9-31-29)19-7-12-36-13-8-19/h3-4,9,14,19-21H,1,5-8,10-13,15-17H2,2H3,(H,31,32). The number of anilines is 2. The van der Waals surface area contributed by atoms with Crippen molar-refractivity contribution in [3.8, 4) is 5.75 Å². The van der Waals surface area contributed by atoms with E-state index >= 15 is 0 Å². The number of carbonyl (C=O) groups is 1. The number of fused-ring (bicyclic) bond motifs is 2. The molecule has 8 heteroatoms. The van der Waals surface area contributed by atoms with Gasteiger partial charge in [-0.3, -0.25) is 9.69 Å². The zero-order valence-corrected chi connectivity index (χ0v) is 22.2. The van der Waals surface area contributed by atoms with E-state index in [2.05, 4.69) is 35.9 Å². The Hall–Kier alpha value is -2.61. The summed E-state index contributed by atoms with van der Waals surface area (Å²) >= 11 is 6.83. The highest BCUT2D eigenvalue weighted by Crippen LogP contribution is 2.47. The highest BCUT2D eigenvalue weighted by Gasteiger charge is 2.37. The number of hydrogen-bond donors (Lipinski definition) is 1. The average molecular weight is 523 g/mol. The summed E-state index contributed by atoms with van der Waals surface area (Å²) in [6.07, 6.45) is 7.40. The van der Waals surface area contributed by atoms with Crippen LogP contribution < -0.4 is 10.1 Å². The Morgan fingerprint density at radius 2 is 1.92 bits per heavy atom. The van der Waals surface area contributed by atoms with Crippen molar-refractivity contribution in [2.75, 3.05) is 44.7 Å². The van der Waals surface area contributed by atoms with Gasteiger partial charge in [-0.15, -0.1) is 0 Å². The van der Waals surface area contributed by atoms with Gasteiger partial charge in [0.25, 0.3) is 0 Å². The second-order valence-electron chi connectivity index (χ2n) is 10.7. The summed E-state index contributed by atoms with van der Waals surface area (Å²) < 4.78 is 11.9. The molecule has 3 saturated heterocycles. The number of carbonyl (C=O) groups excluding carboxylic acids is 1. The number of benzene rings is 1. The van der Waals surface area contributed by atoms with Crippen LogP contribution in [0.1, 0.15) is 59.8 Å². The molecule has 4 aliphatic rings. The van der Waals surface area contributed by atoms with Crippen molar-refractivity contribution in [1.82, 2.24) is 14.8 Å². The van der Waals surface area contributed by atoms with Crippen LogP contribution in [0.4, 0.5) is 11.5 Å². The number of nitrogens with zero attached hydrogens (tertiary/aromatic N) is 3. The second kappa shape index (κ2) is 10.3. The Morgan fingerprint density at radius 3 is 2.65 bits per heavy atom. The van der Waals surface area contributed by atoms with E-state index in [0.717, 1.165) is 82.1 Å². The number of hydrogen-bond acceptors (Lipinski definition) is 6. The van der Waals surface area contributed by atoms with Crippen molar-refractivity contribution in [2.24, 2.45) is 0 Å². The van der Waals surface area contributed by atoms with Gasteiger partial charge < -0.3 is 19.7 Å². The summed E-state index contributed by atoms with van der Waals surface area (Å²) in [5.41, 5.74) is 5.82. The zero-order valence-electron chi connectivity index (χ0n) is 21.5. The topological polar surface area (TPSA) is 66.9 Å². The van der Waals surface area contributed by atoms with Crippen LogP contribution in [0.15, 0.2) is 31.0 Å². The molecule has 6 rings (SSSR count). The number of aromatic nitrogens is 1. The summed E-state index contributed by atoms with van der Waals surface area (Å²) in [4.78, 5) is 21.1. The number of piperidine rings is 1. The Morgan fingerprint density at radius 1 is 1.16 bits per heavy atom. The maximum absolute atomic E-state index is 11.9. The van der Waals surface area contributed by atoms with Gasteiger partial charge in [-0.05, 0) is 73.4 Å². The minimum atomic E-state index is 0.0424. The normalized spacial score (nSPS) is 21.2. The van der Waals surface area contributed by atoms with Gasteiger partial charge in [-0.1, -0.05) is 18.2 Å². The molecule has 37 heavy (non-hydrogen) atoms. The first-order valence-electron chi connectivity index (χ1n) is 13.5. The van der Waals surface area contributed by atoms with Crippen molar-refractivity contribution in [2.45, 2.75) is 57.1 Å². The molecule has 5 heterocycles. The molecule has 7 nitrogen and oxygen atoms in total. The van der Waals surface area contributed by atoms with Crippen LogP contribution in [0, 0.1) is 6.92 Å². The largest absolute Gasteiger partial charge is 0.485 e. The molecule has 1 N–H and O–H groups in total. The number of likely N-dealkylation sites (tertiary alicyclic amines) is 2. The number of nitrogens with one attached hydrogen (secondary N) is 1. The van der Waals surface area contributed by atoms with Crippen LogP contribution in [-0.4, -0.2) is 66.1 Å². The second-order valence-corrected chi connectivity index (χ2v) is 11.1. The van der Waals surface area contributed by atoms with Crippen molar-refractivity contribution in [3.05, 3.63) is 58.3 Å². The quantitative estimate of drug-likeness (QED) is 0.560. The van der Waals surface area contributed by atoms with E-state index in [1.165, 1.54) is 22.8 Å². The Bertz CT molecular complexity index is 1200. The molecule has 0 spiro atoms. The van der Waals surface area contributed by atoms with Crippen LogP contribution in [0.25, 0.3) is 0 Å². The number of ether oxygens (including phenoxy) is 2. The van der Waals surface area contributed by atoms with Gasteiger partial charge in [0.15, 0.2) is 5.75 Å². The highest BCUT2D eigenvalue weighted by atomic mass is 35.5. The van der Waals surface area contributed by atoms with Crippen LogP contribution in [0.2, 0.25) is 5.02 Å². The monoisotopic (exact) mass is 522 g/mol. The summed E-state index contributed by atoms with van der Waals surface area (Å²) in [7, 11) is 0. The van der Waals surface area contributed by atoms with Crippen LogP contribution in [0.3, 0.4) is 0 Å². The molecule has 2 aromatic rings. The summed E-state index contributed by atoms with van der Waals surface area (Å²) in [6, 6.07) is 4.77. The van der Waals surface area contributed by atoms with E-state index in [4.69, 9.17) is 26.1 Å². The van der Waals surface area contributed by atoms with Crippen molar-refractivity contribution < 1.29 is 14.3 Å². The molecular weight excluding hydrogens is 488 g/mol. The Kier molecular flexibility index (Phi) is 6.86. The lowest BCUT2D eigenvalue weighted by molar-refractivity contribution is -0.127. The molecule has 0 saturated carbocycles. The smallest absolute Gasteiger partial charge is 0.245 e. The van der Waals surface area contributed by atoms with Crippen molar-refractivity contribution in [1.29, 1.82) is 0 Å². The van der Waals surface area contributed by atoms with E-state index in [-0.39, 0.29) is 5.91 Å². The fraction of sp³-hybridized carbons (Fsp3) is 0.517. The fourth-order valence-electron chi connectivity index (χ4n) is 6.47. The lowest BCUT2D eigenvalue weighted by atomic mass is 9.85. The molecule has 0 atom stereocenters. The lowest BCUT2D eigenvalue weighted by Crippen LogP contribution is -2.54. The number of rotatable bonds is 4. The molecule has 1 aromatic heterocycles. The summed E-state index contributed by atoms with van der Waals surface area (Å²) in [5, 5.41) is 4.27. The van der Waals surface area contributed by atoms with E-state index in [1.807, 2.05) is 11.1 Å². The molecular formula is C29H35ClN4O3. The molecule has 0 bridgehead atoms. The first-order valence-corrected chi connectivity index (χ1v) is 13.8. The molecule has 1 amide bonds. The number of amides is 1. The van der Waals surface area contributed by atoms with Crippen LogP contribution >= 0.6 is 11.6 Å². The van der Waals surface area contributed by atoms with E-state index in [1.54, 1.807) is 0 Å². The third-order valence-electron chi connectivity index (χ3n) is 8.71. The molecule has 4 aliphatic heterocycles. The van der Waals surface area contributed by atoms with Crippen LogP contribution in [-0.2, 0) is 16.1 Å². The SMILES string of the molecule is C=CC(=O)N1CCC(N2CC(c3cc(Cl)c4c(c3C)Nc3nccc(C5CCOCC5)c3CO4)C2)CC1. The van der Waals surface area contributed by atoms with E-state index in [9.17, 15) is 4.79 Å². The maximum Gasteiger partial charge on any atom is 0.245 e. The van der Waals surface area contributed by atoms with Crippen molar-refractivity contribution in [3.63, 3.8) is 0 Å². The number of halogens is 1. The fourth-order valence-corrected chi connectivity index (χ4v) is 6.74. The van der Waals surface area contributed by atoms with Gasteiger partial charge >= 0.3 is 0 Å². The van der Waals surface area contributed by atoms with E-state index < -0.39 is 0 Å². The Balaban J connectivity index is 1.19. The first kappa shape index (κ1) is 24.7. The third kappa shape index (κ3) is 4.62. The molecule has 1 aromatic carbocycles. The van der Waals surface area contributed by atoms with Gasteiger partial charge in [0.1, 0.15) is 12.4 Å². The number of pyridine rings is 1. The predicted molar refractivity (Wildman–Crippen MR) is 145 cm³/mol. The Labute approximate surface area is 223 Å². The average Bonchev–Trinajstić information content (AvgIpc) is 3.11. The van der Waals surface area contributed by atoms with Gasteiger partial charge in [-0.25, -0.2) is 4.98 Å². The minimum Gasteiger partial charge on any atom is -0.485 e. The van der Waals surface area contributed by atoms with Crippen LogP contribution in [0.5, 0.6) is 5.75 Å². The first-order chi connectivity index (χ1) is 18.0. The van der Waals surface area contributed by atoms with Gasteiger partial charge in [0.2, 0.25) is 5.91 Å². The summed E-state index contributed by atoms with van der Waals surface area (Å²) in [6.45, 7) is 11.5. The predicted octanol–water partition coefficient (Wildman–Crippen LogP) is 5.15. The highest BCUT2D eigenvalue weighted by molar-refractivity contribution is 6.32. The zero-order chi connectivity index (χ0) is 25.5. The minimum absolute atomic E-state index is 0.0424. The van der Waals surface area contributed by atoms with E-state index in [0.29, 0.717) is 35.3 Å². The molecule has 0 aliphatic carbocycles. The van der Waals surface area contributed by atoms with Gasteiger partial charge in [0.05, 0.1) is 10.7 Å². The third-order valence-corrected chi connectivity index (χ3v) is 8.99. The lowest BCUT2D eigenvalue weighted by Gasteiger charge is -2.47. The van der Waals surface area contributed by atoms with Crippen molar-refractivity contribution >= 4 is 29.0 Å². The maximum atomic E-state index is 11.9.